The SMILES string of the molecule is C#Cc1cc(C)cc(C(=O)c2c(C(C)C)c(=O)[nH]c(=O)n2CCCS(=O)(=O)NCc2ccc(OC)cc2)c1.Cc1cc(C)cc(C(=O)c2c(C(C)C)c(=O)[nH]c(=O)n2CCCS(N)(=O)=O)c1. The van der Waals surface area contributed by atoms with Crippen molar-refractivity contribution >= 4 is 31.6 Å². The molecule has 0 aliphatic rings. The van der Waals surface area contributed by atoms with E-state index < -0.39 is 54.1 Å². The van der Waals surface area contributed by atoms with Crippen molar-refractivity contribution in [3.63, 3.8) is 0 Å². The van der Waals surface area contributed by atoms with Crippen LogP contribution in [0.2, 0.25) is 0 Å². The molecule has 0 atom stereocenters. The number of carbonyl (C=O) groups excluding carboxylic acids is 2. The van der Waals surface area contributed by atoms with Crippen molar-refractivity contribution in [3.05, 3.63) is 164 Å². The van der Waals surface area contributed by atoms with Gasteiger partial charge in [0.1, 0.15) is 17.1 Å². The van der Waals surface area contributed by atoms with Gasteiger partial charge in [0.15, 0.2) is 0 Å². The highest BCUT2D eigenvalue weighted by molar-refractivity contribution is 7.89. The van der Waals surface area contributed by atoms with Crippen LogP contribution < -0.4 is 37.1 Å². The minimum atomic E-state index is -3.71. The fourth-order valence-electron chi connectivity index (χ4n) is 7.38. The largest absolute Gasteiger partial charge is 0.497 e. The van der Waals surface area contributed by atoms with Gasteiger partial charge in [-0.2, -0.15) is 0 Å². The monoisotopic (exact) mass is 944 g/mol. The summed E-state index contributed by atoms with van der Waals surface area (Å²) < 4.78 is 57.6. The van der Waals surface area contributed by atoms with E-state index >= 15 is 0 Å². The van der Waals surface area contributed by atoms with Crippen LogP contribution in [0.1, 0.15) is 123 Å². The Kier molecular flexibility index (Phi) is 17.5. The van der Waals surface area contributed by atoms with Gasteiger partial charge in [-0.3, -0.25) is 38.3 Å². The van der Waals surface area contributed by atoms with Gasteiger partial charge in [-0.05, 0) is 99.0 Å². The van der Waals surface area contributed by atoms with Crippen molar-refractivity contribution in [2.45, 2.75) is 92.8 Å². The lowest BCUT2D eigenvalue weighted by molar-refractivity contribution is 0.101. The number of hydrogen-bond donors (Lipinski definition) is 4. The normalized spacial score (nSPS) is 11.5. The molecule has 0 saturated heterocycles. The molecule has 5 rings (SSSR count). The maximum atomic E-state index is 13.7. The van der Waals surface area contributed by atoms with Crippen LogP contribution in [0.3, 0.4) is 0 Å². The number of H-pyrrole nitrogens is 2. The fourth-order valence-corrected chi connectivity index (χ4v) is 8.95. The average Bonchev–Trinajstić information content (AvgIpc) is 3.22. The molecule has 352 valence electrons. The Morgan fingerprint density at radius 2 is 1.15 bits per heavy atom. The summed E-state index contributed by atoms with van der Waals surface area (Å²) in [4.78, 5) is 81.8. The molecule has 2 aromatic heterocycles. The van der Waals surface area contributed by atoms with E-state index in [9.17, 15) is 45.6 Å². The van der Waals surface area contributed by atoms with Crippen LogP contribution >= 0.6 is 0 Å². The Bertz CT molecular complexity index is 3120. The van der Waals surface area contributed by atoms with Crippen LogP contribution in [0.5, 0.6) is 5.75 Å². The quantitative estimate of drug-likeness (QED) is 0.0724. The molecule has 2 heterocycles. The number of ketones is 2. The first kappa shape index (κ1) is 52.2. The van der Waals surface area contributed by atoms with Crippen LogP contribution in [0.25, 0.3) is 0 Å². The molecular weight excluding hydrogens is 889 g/mol. The number of aryl methyl sites for hydroxylation is 3. The van der Waals surface area contributed by atoms with Crippen LogP contribution in [0, 0.1) is 33.1 Å². The second-order valence-electron chi connectivity index (χ2n) is 16.5. The van der Waals surface area contributed by atoms with E-state index in [0.717, 1.165) is 31.4 Å². The Hall–Kier alpha value is -6.46. The third-order valence-corrected chi connectivity index (χ3v) is 12.6. The zero-order chi connectivity index (χ0) is 49.3. The lowest BCUT2D eigenvalue weighted by atomic mass is 9.95. The predicted molar refractivity (Wildman–Crippen MR) is 254 cm³/mol. The molecule has 0 radical (unpaired) electrons. The Balaban J connectivity index is 0.000000302. The number of benzene rings is 3. The number of primary sulfonamides is 1. The maximum absolute atomic E-state index is 13.7. The third-order valence-electron chi connectivity index (χ3n) is 10.3. The highest BCUT2D eigenvalue weighted by atomic mass is 32.2. The molecule has 3 aromatic carbocycles. The first-order valence-electron chi connectivity index (χ1n) is 21.0. The summed E-state index contributed by atoms with van der Waals surface area (Å²) in [6.45, 7) is 12.4. The number of hydrogen-bond acceptors (Lipinski definition) is 11. The number of aromatic amines is 2. The standard InChI is InChI=1S/C28H31N3O6S.C19H25N3O5S/c1-6-20-14-19(4)15-22(16-20)26(32)25-24(18(2)3)27(33)30-28(34)31(25)12-7-13-38(35,36)29-17-21-8-10-23(37-5)11-9-21;1-11(2)15-16(17(23)14-9-12(3)8-13(4)10-14)22(19(25)21-18(15)24)6-5-7-28(20,26)27/h1,8-11,14-16,18,29H,7,12-13,17H2,2-5H3,(H,30,33,34);8-11H,5-7H2,1-4H3,(H2,20,26,27)(H,21,24,25). The van der Waals surface area contributed by atoms with E-state index in [4.69, 9.17) is 16.3 Å². The summed E-state index contributed by atoms with van der Waals surface area (Å²) in [6.07, 6.45) is 5.59. The number of nitrogens with one attached hydrogen (secondary N) is 3. The maximum Gasteiger partial charge on any atom is 0.328 e. The number of rotatable bonds is 18. The van der Waals surface area contributed by atoms with E-state index in [2.05, 4.69) is 20.6 Å². The average molecular weight is 945 g/mol. The van der Waals surface area contributed by atoms with Gasteiger partial charge < -0.3 is 4.74 Å². The van der Waals surface area contributed by atoms with Crippen molar-refractivity contribution in [3.8, 4) is 18.1 Å². The molecule has 0 bridgehead atoms. The third kappa shape index (κ3) is 13.8. The number of nitrogens with two attached hydrogens (primary N) is 1. The first-order chi connectivity index (χ1) is 30.9. The number of carbonyl (C=O) groups is 2. The van der Waals surface area contributed by atoms with Gasteiger partial charge in [-0.1, -0.05) is 62.9 Å². The summed E-state index contributed by atoms with van der Waals surface area (Å²) in [5.41, 5.74) is 1.83. The molecule has 0 saturated carbocycles. The van der Waals surface area contributed by atoms with Crippen LogP contribution in [0.15, 0.2) is 79.8 Å². The van der Waals surface area contributed by atoms with Crippen LogP contribution in [-0.4, -0.2) is 66.1 Å². The summed E-state index contributed by atoms with van der Waals surface area (Å²) in [5, 5.41) is 5.02. The Labute approximate surface area is 383 Å². The first-order valence-corrected chi connectivity index (χ1v) is 24.3. The molecule has 66 heavy (non-hydrogen) atoms. The zero-order valence-corrected chi connectivity index (χ0v) is 39.9. The number of aromatic nitrogens is 4. The van der Waals surface area contributed by atoms with Gasteiger partial charge in [0, 0.05) is 47.5 Å². The molecule has 0 unspecified atom stereocenters. The van der Waals surface area contributed by atoms with Crippen molar-refractivity contribution in [2.75, 3.05) is 18.6 Å². The fraction of sp³-hybridized carbons (Fsp3) is 0.362. The van der Waals surface area contributed by atoms with Gasteiger partial charge in [0.2, 0.25) is 31.6 Å². The van der Waals surface area contributed by atoms with Gasteiger partial charge in [-0.15, -0.1) is 6.42 Å². The Morgan fingerprint density at radius 1 is 0.712 bits per heavy atom. The lowest BCUT2D eigenvalue weighted by Crippen LogP contribution is -2.38. The lowest BCUT2D eigenvalue weighted by Gasteiger charge is -2.18. The molecule has 5 N–H and O–H groups in total. The molecule has 0 spiro atoms. The smallest absolute Gasteiger partial charge is 0.328 e. The number of terminal acetylenes is 1. The molecule has 5 aromatic rings. The molecular formula is C47H56N6O11S2. The number of sulfonamides is 2. The van der Waals surface area contributed by atoms with E-state index in [1.807, 2.05) is 19.9 Å². The van der Waals surface area contributed by atoms with E-state index in [1.54, 1.807) is 90.3 Å². The molecule has 0 aliphatic heterocycles. The van der Waals surface area contributed by atoms with Gasteiger partial charge in [0.05, 0.1) is 18.6 Å². The van der Waals surface area contributed by atoms with E-state index in [-0.39, 0.29) is 83.9 Å². The van der Waals surface area contributed by atoms with Crippen LogP contribution in [-0.2, 0) is 39.7 Å². The topological polar surface area (TPSA) is 259 Å². The van der Waals surface area contributed by atoms with Gasteiger partial charge in [0.25, 0.3) is 11.1 Å². The van der Waals surface area contributed by atoms with Gasteiger partial charge in [-0.25, -0.2) is 36.3 Å². The van der Waals surface area contributed by atoms with E-state index in [0.29, 0.717) is 16.9 Å². The van der Waals surface area contributed by atoms with Crippen molar-refractivity contribution in [2.24, 2.45) is 5.14 Å². The minimum absolute atomic E-state index is 0.0110. The van der Waals surface area contributed by atoms with Crippen molar-refractivity contribution in [1.29, 1.82) is 0 Å². The summed E-state index contributed by atoms with van der Waals surface area (Å²) in [5.74, 6) is 0.857. The van der Waals surface area contributed by atoms with Crippen LogP contribution in [0.4, 0.5) is 0 Å². The second kappa shape index (κ2) is 22.2. The molecule has 0 fully saturated rings. The number of nitrogens with zero attached hydrogens (tertiary/aromatic N) is 2. The van der Waals surface area contributed by atoms with Crippen molar-refractivity contribution < 1.29 is 31.2 Å². The molecule has 0 aliphatic carbocycles. The highest BCUT2D eigenvalue weighted by Gasteiger charge is 2.27. The van der Waals surface area contributed by atoms with E-state index in [1.165, 1.54) is 6.07 Å². The molecule has 19 heteroatoms. The summed E-state index contributed by atoms with van der Waals surface area (Å²) in [7, 11) is -5.85. The Morgan fingerprint density at radius 3 is 1.58 bits per heavy atom. The predicted octanol–water partition coefficient (Wildman–Crippen LogP) is 3.89. The molecule has 17 nitrogen and oxygen atoms in total. The number of ether oxygens (including phenoxy) is 1. The zero-order valence-electron chi connectivity index (χ0n) is 38.2. The van der Waals surface area contributed by atoms with Gasteiger partial charge >= 0.3 is 11.4 Å². The second-order valence-corrected chi connectivity index (χ2v) is 20.1. The molecule has 0 amide bonds. The van der Waals surface area contributed by atoms with Crippen molar-refractivity contribution in [1.82, 2.24) is 23.8 Å². The number of methoxy groups -OCH3 is 1. The summed E-state index contributed by atoms with van der Waals surface area (Å²) >= 11 is 0. The highest BCUT2D eigenvalue weighted by Crippen LogP contribution is 2.22. The minimum Gasteiger partial charge on any atom is -0.497 e. The summed E-state index contributed by atoms with van der Waals surface area (Å²) in [6, 6.07) is 17.2.